The van der Waals surface area contributed by atoms with Crippen LogP contribution in [0.4, 0.5) is 13.2 Å². The van der Waals surface area contributed by atoms with Gasteiger partial charge in [-0.1, -0.05) is 36.4 Å². The number of halogens is 3. The van der Waals surface area contributed by atoms with Crippen LogP contribution < -0.4 is 10.1 Å². The Balaban J connectivity index is 2.05. The first-order chi connectivity index (χ1) is 12.7. The summed E-state index contributed by atoms with van der Waals surface area (Å²) >= 11 is 0. The van der Waals surface area contributed by atoms with Crippen molar-refractivity contribution < 1.29 is 32.6 Å². The maximum atomic E-state index is 12.7. The van der Waals surface area contributed by atoms with Gasteiger partial charge in [0.25, 0.3) is 5.91 Å². The summed E-state index contributed by atoms with van der Waals surface area (Å²) < 4.78 is 43.2. The van der Waals surface area contributed by atoms with Crippen molar-refractivity contribution in [3.05, 3.63) is 65.7 Å². The minimum Gasteiger partial charge on any atom is -0.484 e. The zero-order chi connectivity index (χ0) is 20.0. The second-order valence-corrected chi connectivity index (χ2v) is 5.90. The summed E-state index contributed by atoms with van der Waals surface area (Å²) in [5, 5.41) is 11.8. The molecule has 2 aromatic carbocycles. The van der Waals surface area contributed by atoms with Crippen LogP contribution in [0.3, 0.4) is 0 Å². The van der Waals surface area contributed by atoms with Crippen LogP contribution in [0, 0.1) is 5.92 Å². The van der Waals surface area contributed by atoms with Gasteiger partial charge in [0.2, 0.25) is 0 Å². The molecule has 0 aliphatic heterocycles. The van der Waals surface area contributed by atoms with Crippen LogP contribution >= 0.6 is 0 Å². The Hall–Kier alpha value is -3.03. The number of ether oxygens (including phenoxy) is 1. The number of alkyl halides is 3. The topological polar surface area (TPSA) is 75.6 Å². The van der Waals surface area contributed by atoms with Crippen LogP contribution in [-0.4, -0.2) is 23.6 Å². The molecule has 0 fully saturated rings. The van der Waals surface area contributed by atoms with Gasteiger partial charge in [0.15, 0.2) is 6.61 Å². The van der Waals surface area contributed by atoms with Gasteiger partial charge in [-0.25, -0.2) is 0 Å². The molecule has 2 N–H and O–H groups in total. The van der Waals surface area contributed by atoms with Crippen molar-refractivity contribution in [2.24, 2.45) is 5.92 Å². The van der Waals surface area contributed by atoms with Gasteiger partial charge in [-0.3, -0.25) is 9.59 Å². The molecule has 0 heterocycles. The van der Waals surface area contributed by atoms with E-state index in [-0.39, 0.29) is 5.75 Å². The predicted octanol–water partition coefficient (Wildman–Crippen LogP) is 3.66. The van der Waals surface area contributed by atoms with Crippen molar-refractivity contribution in [3.8, 4) is 5.75 Å². The van der Waals surface area contributed by atoms with Crippen molar-refractivity contribution in [1.82, 2.24) is 5.32 Å². The van der Waals surface area contributed by atoms with Crippen molar-refractivity contribution in [3.63, 3.8) is 0 Å². The maximum Gasteiger partial charge on any atom is 0.416 e. The lowest BCUT2D eigenvalue weighted by Gasteiger charge is -2.23. The number of hydrogen-bond donors (Lipinski definition) is 2. The second-order valence-electron chi connectivity index (χ2n) is 5.90. The van der Waals surface area contributed by atoms with Crippen LogP contribution in [-0.2, 0) is 15.8 Å². The molecule has 0 saturated heterocycles. The van der Waals surface area contributed by atoms with E-state index < -0.39 is 42.2 Å². The van der Waals surface area contributed by atoms with Gasteiger partial charge in [0, 0.05) is 0 Å². The van der Waals surface area contributed by atoms with Crippen molar-refractivity contribution >= 4 is 11.9 Å². The molecule has 2 unspecified atom stereocenters. The van der Waals surface area contributed by atoms with E-state index in [1.807, 2.05) is 0 Å². The van der Waals surface area contributed by atoms with Crippen LogP contribution in [0.2, 0.25) is 0 Å². The fraction of sp³-hybridized carbons (Fsp3) is 0.263. The number of carbonyl (C=O) groups excluding carboxylic acids is 1. The third-order valence-corrected chi connectivity index (χ3v) is 3.90. The summed E-state index contributed by atoms with van der Waals surface area (Å²) in [6.07, 6.45) is -4.52. The summed E-state index contributed by atoms with van der Waals surface area (Å²) in [7, 11) is 0. The van der Waals surface area contributed by atoms with E-state index >= 15 is 0 Å². The highest BCUT2D eigenvalue weighted by Crippen LogP contribution is 2.31. The van der Waals surface area contributed by atoms with E-state index in [2.05, 4.69) is 5.32 Å². The fourth-order valence-corrected chi connectivity index (χ4v) is 2.43. The van der Waals surface area contributed by atoms with Crippen LogP contribution in [0.15, 0.2) is 54.6 Å². The molecule has 27 heavy (non-hydrogen) atoms. The standard InChI is InChI=1S/C19H18F3NO4/c1-12(18(25)26)17(13-6-3-2-4-7-13)23-16(24)11-27-15-9-5-8-14(10-15)19(20,21)22/h2-10,12,17H,11H2,1H3,(H,23,24)(H,25,26). The number of carboxylic acid groups (broad SMARTS) is 1. The normalized spacial score (nSPS) is 13.5. The minimum absolute atomic E-state index is 0.109. The van der Waals surface area contributed by atoms with Gasteiger partial charge in [0.1, 0.15) is 5.75 Å². The molecule has 2 aromatic rings. The van der Waals surface area contributed by atoms with E-state index in [4.69, 9.17) is 4.74 Å². The molecule has 5 nitrogen and oxygen atoms in total. The number of nitrogens with one attached hydrogen (secondary N) is 1. The van der Waals surface area contributed by atoms with Crippen LogP contribution in [0.5, 0.6) is 5.75 Å². The fourth-order valence-electron chi connectivity index (χ4n) is 2.43. The molecule has 1 amide bonds. The third kappa shape index (κ3) is 5.73. The van der Waals surface area contributed by atoms with E-state index in [1.165, 1.54) is 19.1 Å². The Morgan fingerprint density at radius 2 is 1.78 bits per heavy atom. The monoisotopic (exact) mass is 381 g/mol. The van der Waals surface area contributed by atoms with Crippen LogP contribution in [0.25, 0.3) is 0 Å². The molecule has 0 spiro atoms. The first-order valence-electron chi connectivity index (χ1n) is 8.05. The quantitative estimate of drug-likeness (QED) is 0.768. The van der Waals surface area contributed by atoms with Gasteiger partial charge in [0.05, 0.1) is 17.5 Å². The summed E-state index contributed by atoms with van der Waals surface area (Å²) in [5.41, 5.74) is -0.290. The Bertz CT molecular complexity index is 793. The van der Waals surface area contributed by atoms with Gasteiger partial charge in [-0.2, -0.15) is 13.2 Å². The number of amides is 1. The third-order valence-electron chi connectivity index (χ3n) is 3.90. The molecule has 0 aliphatic rings. The van der Waals surface area contributed by atoms with Gasteiger partial charge >= 0.3 is 12.1 Å². The van der Waals surface area contributed by atoms with E-state index in [9.17, 15) is 27.9 Å². The second kappa shape index (κ2) is 8.57. The molecule has 144 valence electrons. The first kappa shape index (κ1) is 20.3. The Kier molecular flexibility index (Phi) is 6.44. The van der Waals surface area contributed by atoms with Gasteiger partial charge in [-0.05, 0) is 30.7 Å². The highest BCUT2D eigenvalue weighted by atomic mass is 19.4. The molecule has 0 aromatic heterocycles. The predicted molar refractivity (Wildman–Crippen MR) is 91.1 cm³/mol. The van der Waals surface area contributed by atoms with Crippen LogP contribution in [0.1, 0.15) is 24.1 Å². The average Bonchev–Trinajstić information content (AvgIpc) is 2.64. The molecular weight excluding hydrogens is 363 g/mol. The first-order valence-corrected chi connectivity index (χ1v) is 8.05. The molecule has 2 rings (SSSR count). The molecule has 0 bridgehead atoms. The zero-order valence-corrected chi connectivity index (χ0v) is 14.4. The molecule has 0 saturated carbocycles. The van der Waals surface area contributed by atoms with Crippen molar-refractivity contribution in [2.75, 3.05) is 6.61 Å². The number of benzene rings is 2. The Morgan fingerprint density at radius 3 is 2.37 bits per heavy atom. The summed E-state index contributed by atoms with van der Waals surface area (Å²) in [4.78, 5) is 23.5. The molecule has 0 radical (unpaired) electrons. The largest absolute Gasteiger partial charge is 0.484 e. The smallest absolute Gasteiger partial charge is 0.416 e. The molecule has 8 heteroatoms. The van der Waals surface area contributed by atoms with Gasteiger partial charge in [-0.15, -0.1) is 0 Å². The Labute approximate surface area is 153 Å². The number of aliphatic carboxylic acids is 1. The molecular formula is C19H18F3NO4. The Morgan fingerprint density at radius 1 is 1.11 bits per heavy atom. The average molecular weight is 381 g/mol. The lowest BCUT2D eigenvalue weighted by atomic mass is 9.94. The lowest BCUT2D eigenvalue weighted by molar-refractivity contribution is -0.142. The number of carbonyl (C=O) groups is 2. The number of carboxylic acids is 1. The maximum absolute atomic E-state index is 12.7. The van der Waals surface area contributed by atoms with Crippen molar-refractivity contribution in [2.45, 2.75) is 19.1 Å². The SMILES string of the molecule is CC(C(=O)O)C(NC(=O)COc1cccc(C(F)(F)F)c1)c1ccccc1. The number of rotatable bonds is 7. The molecule has 0 aliphatic carbocycles. The van der Waals surface area contributed by atoms with E-state index in [1.54, 1.807) is 30.3 Å². The van der Waals surface area contributed by atoms with E-state index in [0.717, 1.165) is 12.1 Å². The highest BCUT2D eigenvalue weighted by molar-refractivity contribution is 5.79. The minimum atomic E-state index is -4.52. The zero-order valence-electron chi connectivity index (χ0n) is 14.4. The van der Waals surface area contributed by atoms with E-state index in [0.29, 0.717) is 5.56 Å². The summed E-state index contributed by atoms with van der Waals surface area (Å²) in [5.74, 6) is -2.76. The summed E-state index contributed by atoms with van der Waals surface area (Å²) in [6.45, 7) is 0.908. The summed E-state index contributed by atoms with van der Waals surface area (Å²) in [6, 6.07) is 11.9. The lowest BCUT2D eigenvalue weighted by Crippen LogP contribution is -2.38. The van der Waals surface area contributed by atoms with Crippen molar-refractivity contribution in [1.29, 1.82) is 0 Å². The highest BCUT2D eigenvalue weighted by Gasteiger charge is 2.31. The van der Waals surface area contributed by atoms with Gasteiger partial charge < -0.3 is 15.2 Å². The molecule has 2 atom stereocenters. The number of hydrogen-bond acceptors (Lipinski definition) is 3.